The van der Waals surface area contributed by atoms with Crippen LogP contribution in [0.2, 0.25) is 0 Å². The van der Waals surface area contributed by atoms with Crippen LogP contribution in [0.15, 0.2) is 18.5 Å². The van der Waals surface area contributed by atoms with E-state index in [4.69, 9.17) is 0 Å². The summed E-state index contributed by atoms with van der Waals surface area (Å²) in [6.45, 7) is 11.4. The van der Waals surface area contributed by atoms with Crippen LogP contribution in [0.25, 0.3) is 0 Å². The Morgan fingerprint density at radius 2 is 1.71 bits per heavy atom. The highest BCUT2D eigenvalue weighted by Gasteiger charge is 2.15. The van der Waals surface area contributed by atoms with Crippen molar-refractivity contribution in [1.82, 2.24) is 9.88 Å². The monoisotopic (exact) mass is 292 g/mol. The van der Waals surface area contributed by atoms with E-state index in [1.165, 1.54) is 57.1 Å². The van der Waals surface area contributed by atoms with Crippen LogP contribution in [0.5, 0.6) is 0 Å². The van der Waals surface area contributed by atoms with Gasteiger partial charge in [0.25, 0.3) is 0 Å². The fourth-order valence-corrected chi connectivity index (χ4v) is 2.90. The lowest BCUT2D eigenvalue weighted by atomic mass is 9.98. The first kappa shape index (κ1) is 18.3. The highest BCUT2D eigenvalue weighted by Crippen LogP contribution is 2.22. The zero-order valence-electron chi connectivity index (χ0n) is 14.7. The maximum Gasteiger partial charge on any atom is 0.0358 e. The molecule has 21 heavy (non-hydrogen) atoms. The minimum Gasteiger partial charge on any atom is -0.354 e. The maximum absolute atomic E-state index is 3.68. The molecule has 1 aromatic rings. The quantitative estimate of drug-likeness (QED) is 0.500. The average molecular weight is 293 g/mol. The van der Waals surface area contributed by atoms with Crippen molar-refractivity contribution in [3.05, 3.63) is 24.0 Å². The second-order valence-electron chi connectivity index (χ2n) is 6.63. The van der Waals surface area contributed by atoms with E-state index in [-0.39, 0.29) is 0 Å². The van der Waals surface area contributed by atoms with Crippen LogP contribution in [0, 0.1) is 5.92 Å². The Labute approximate surface area is 132 Å². The molecular weight excluding hydrogens is 256 g/mol. The van der Waals surface area contributed by atoms with E-state index in [0.717, 1.165) is 6.54 Å². The van der Waals surface area contributed by atoms with Gasteiger partial charge >= 0.3 is 0 Å². The molecule has 0 saturated carbocycles. The van der Waals surface area contributed by atoms with E-state index >= 15 is 0 Å². The van der Waals surface area contributed by atoms with Crippen LogP contribution in [-0.4, -0.2) is 11.1 Å². The van der Waals surface area contributed by atoms with Gasteiger partial charge in [0.1, 0.15) is 0 Å². The smallest absolute Gasteiger partial charge is 0.0358 e. The van der Waals surface area contributed by atoms with Gasteiger partial charge < -0.3 is 9.88 Å². The first-order chi connectivity index (χ1) is 10.2. The summed E-state index contributed by atoms with van der Waals surface area (Å²) in [6.07, 6.45) is 14.0. The summed E-state index contributed by atoms with van der Waals surface area (Å²) < 4.78 is 2.37. The van der Waals surface area contributed by atoms with Crippen molar-refractivity contribution in [1.29, 1.82) is 0 Å². The molecule has 1 rings (SSSR count). The Kier molecular flexibility index (Phi) is 9.49. The summed E-state index contributed by atoms with van der Waals surface area (Å²) in [5, 5.41) is 3.68. The van der Waals surface area contributed by atoms with Crippen molar-refractivity contribution in [2.75, 3.05) is 6.54 Å². The van der Waals surface area contributed by atoms with Crippen LogP contribution >= 0.6 is 0 Å². The molecule has 0 aliphatic heterocycles. The first-order valence-electron chi connectivity index (χ1n) is 9.08. The van der Waals surface area contributed by atoms with Gasteiger partial charge in [0.05, 0.1) is 0 Å². The lowest BCUT2D eigenvalue weighted by Gasteiger charge is -2.21. The van der Waals surface area contributed by atoms with Gasteiger partial charge in [0.15, 0.2) is 0 Å². The molecule has 0 aliphatic rings. The Morgan fingerprint density at radius 3 is 2.38 bits per heavy atom. The van der Waals surface area contributed by atoms with Gasteiger partial charge in [-0.25, -0.2) is 0 Å². The summed E-state index contributed by atoms with van der Waals surface area (Å²) in [7, 11) is 0. The summed E-state index contributed by atoms with van der Waals surface area (Å²) in [5.41, 5.74) is 1.45. The lowest BCUT2D eigenvalue weighted by Crippen LogP contribution is -2.26. The van der Waals surface area contributed by atoms with Gasteiger partial charge in [-0.2, -0.15) is 0 Å². The van der Waals surface area contributed by atoms with Gasteiger partial charge in [-0.15, -0.1) is 0 Å². The molecule has 1 unspecified atom stereocenters. The molecule has 1 aromatic heterocycles. The van der Waals surface area contributed by atoms with Gasteiger partial charge in [0.2, 0.25) is 0 Å². The Hall–Kier alpha value is -0.760. The fraction of sp³-hybridized carbons (Fsp3) is 0.789. The third-order valence-electron chi connectivity index (χ3n) is 4.18. The Morgan fingerprint density at radius 1 is 1.00 bits per heavy atom. The topological polar surface area (TPSA) is 17.0 Å². The van der Waals surface area contributed by atoms with Crippen molar-refractivity contribution < 1.29 is 0 Å². The molecule has 0 bridgehead atoms. The standard InChI is InChI=1S/C19H36N2/c1-5-7-8-9-10-11-14-21-15-12-18(16-21)19(17(3)4)20-13-6-2/h12,15-17,19-20H,5-11,13-14H2,1-4H3. The van der Waals surface area contributed by atoms with Crippen molar-refractivity contribution in [3.8, 4) is 0 Å². The van der Waals surface area contributed by atoms with E-state index in [1.54, 1.807) is 0 Å². The Balaban J connectivity index is 2.36. The van der Waals surface area contributed by atoms with Crippen molar-refractivity contribution in [2.45, 2.75) is 85.2 Å². The summed E-state index contributed by atoms with van der Waals surface area (Å²) in [6, 6.07) is 2.79. The number of nitrogens with one attached hydrogen (secondary N) is 1. The van der Waals surface area contributed by atoms with Crippen LogP contribution in [0.1, 0.15) is 84.2 Å². The molecule has 122 valence electrons. The van der Waals surface area contributed by atoms with Gasteiger partial charge in [-0.05, 0) is 36.9 Å². The molecule has 0 aliphatic carbocycles. The van der Waals surface area contributed by atoms with Gasteiger partial charge in [-0.3, -0.25) is 0 Å². The zero-order chi connectivity index (χ0) is 15.5. The number of aryl methyl sites for hydroxylation is 1. The summed E-state index contributed by atoms with van der Waals surface area (Å²) in [5.74, 6) is 0.640. The number of hydrogen-bond acceptors (Lipinski definition) is 1. The van der Waals surface area contributed by atoms with Crippen LogP contribution in [0.3, 0.4) is 0 Å². The van der Waals surface area contributed by atoms with Crippen LogP contribution in [-0.2, 0) is 6.54 Å². The highest BCUT2D eigenvalue weighted by molar-refractivity contribution is 5.16. The first-order valence-corrected chi connectivity index (χ1v) is 9.08. The molecule has 0 aromatic carbocycles. The zero-order valence-corrected chi connectivity index (χ0v) is 14.7. The maximum atomic E-state index is 3.68. The number of rotatable bonds is 12. The van der Waals surface area contributed by atoms with Gasteiger partial charge in [0, 0.05) is 25.0 Å². The molecule has 0 spiro atoms. The molecule has 0 radical (unpaired) electrons. The summed E-state index contributed by atoms with van der Waals surface area (Å²) in [4.78, 5) is 0. The lowest BCUT2D eigenvalue weighted by molar-refractivity contribution is 0.412. The molecule has 1 N–H and O–H groups in total. The van der Waals surface area contributed by atoms with Crippen molar-refractivity contribution >= 4 is 0 Å². The normalized spacial score (nSPS) is 13.0. The summed E-state index contributed by atoms with van der Waals surface area (Å²) >= 11 is 0. The molecule has 0 saturated heterocycles. The molecule has 0 fully saturated rings. The molecular formula is C19H36N2. The molecule has 1 heterocycles. The molecule has 2 nitrogen and oxygen atoms in total. The Bertz CT molecular complexity index is 354. The minimum absolute atomic E-state index is 0.496. The number of nitrogens with zero attached hydrogens (tertiary/aromatic N) is 1. The van der Waals surface area contributed by atoms with E-state index < -0.39 is 0 Å². The average Bonchev–Trinajstić information content (AvgIpc) is 2.91. The van der Waals surface area contributed by atoms with Crippen molar-refractivity contribution in [3.63, 3.8) is 0 Å². The molecule has 2 heteroatoms. The molecule has 1 atom stereocenters. The van der Waals surface area contributed by atoms with Gasteiger partial charge in [-0.1, -0.05) is 59.8 Å². The van der Waals surface area contributed by atoms with E-state index in [2.05, 4.69) is 56.0 Å². The van der Waals surface area contributed by atoms with Crippen LogP contribution in [0.4, 0.5) is 0 Å². The second-order valence-corrected chi connectivity index (χ2v) is 6.63. The third-order valence-corrected chi connectivity index (χ3v) is 4.18. The number of unbranched alkanes of at least 4 members (excludes halogenated alkanes) is 5. The number of hydrogen-bond donors (Lipinski definition) is 1. The SMILES string of the molecule is CCCCCCCCn1ccc(C(NCCC)C(C)C)c1. The minimum atomic E-state index is 0.496. The predicted molar refractivity (Wildman–Crippen MR) is 93.7 cm³/mol. The number of aromatic nitrogens is 1. The van der Waals surface area contributed by atoms with Crippen molar-refractivity contribution in [2.24, 2.45) is 5.92 Å². The van der Waals surface area contributed by atoms with Crippen LogP contribution < -0.4 is 5.32 Å². The predicted octanol–water partition coefficient (Wildman–Crippen LogP) is 5.55. The fourth-order valence-electron chi connectivity index (χ4n) is 2.90. The second kappa shape index (κ2) is 10.9. The molecule has 0 amide bonds. The van der Waals surface area contributed by atoms with E-state index in [0.29, 0.717) is 12.0 Å². The van der Waals surface area contributed by atoms with E-state index in [1.807, 2.05) is 0 Å². The highest BCUT2D eigenvalue weighted by atomic mass is 15.0. The third kappa shape index (κ3) is 7.17. The van der Waals surface area contributed by atoms with E-state index in [9.17, 15) is 0 Å². The largest absolute Gasteiger partial charge is 0.354 e.